The van der Waals surface area contributed by atoms with Crippen molar-refractivity contribution in [1.82, 2.24) is 0 Å². The molecule has 36 heavy (non-hydrogen) atoms. The minimum atomic E-state index is -1.36. The zero-order valence-corrected chi connectivity index (χ0v) is 19.2. The molecule has 1 amide bonds. The van der Waals surface area contributed by atoms with Crippen LogP contribution in [0.25, 0.3) is 11.0 Å². The highest BCUT2D eigenvalue weighted by molar-refractivity contribution is 6.31. The predicted octanol–water partition coefficient (Wildman–Crippen LogP) is 5.86. The number of halogens is 3. The molecule has 1 atom stereocenters. The molecule has 0 fully saturated rings. The molecule has 0 aliphatic carbocycles. The van der Waals surface area contributed by atoms with Crippen molar-refractivity contribution >= 4 is 39.9 Å². The van der Waals surface area contributed by atoms with E-state index in [1.54, 1.807) is 6.07 Å². The third-order valence-corrected chi connectivity index (χ3v) is 6.04. The topological polar surface area (TPSA) is 100 Å². The summed E-state index contributed by atoms with van der Waals surface area (Å²) >= 11 is 6.10. The first-order valence-electron chi connectivity index (χ1n) is 10.5. The first kappa shape index (κ1) is 23.4. The van der Waals surface area contributed by atoms with Crippen molar-refractivity contribution < 1.29 is 37.7 Å². The summed E-state index contributed by atoms with van der Waals surface area (Å²) < 4.78 is 39.7. The van der Waals surface area contributed by atoms with Gasteiger partial charge < -0.3 is 19.4 Å². The number of carbonyl (C=O) groups excluding carboxylic acids is 2. The molecule has 2 heterocycles. The SMILES string of the molecule is COc1cc(Cl)cc2cc(C(=O)C3=C(O)C(=O)N(c4cc(F)ccc4F)C3c3ccc(O)cc3)oc12. The molecule has 5 rings (SSSR count). The Labute approximate surface area is 207 Å². The molecular formula is C26H16ClF2NO6. The summed E-state index contributed by atoms with van der Waals surface area (Å²) in [5.41, 5.74) is -0.443. The molecule has 0 saturated carbocycles. The Bertz CT molecular complexity index is 1580. The van der Waals surface area contributed by atoms with Crippen LogP contribution in [0.2, 0.25) is 5.02 Å². The Hall–Kier alpha value is -4.37. The Morgan fingerprint density at radius 3 is 2.47 bits per heavy atom. The lowest BCUT2D eigenvalue weighted by Gasteiger charge is -2.27. The number of hydrogen-bond donors (Lipinski definition) is 2. The second-order valence-corrected chi connectivity index (χ2v) is 8.43. The zero-order chi connectivity index (χ0) is 25.7. The molecule has 182 valence electrons. The van der Waals surface area contributed by atoms with E-state index >= 15 is 0 Å². The van der Waals surface area contributed by atoms with Crippen molar-refractivity contribution in [3.8, 4) is 11.5 Å². The molecule has 1 aliphatic heterocycles. The van der Waals surface area contributed by atoms with E-state index in [0.29, 0.717) is 10.4 Å². The van der Waals surface area contributed by atoms with Crippen LogP contribution in [0.5, 0.6) is 11.5 Å². The van der Waals surface area contributed by atoms with Crippen LogP contribution >= 0.6 is 11.6 Å². The van der Waals surface area contributed by atoms with Crippen molar-refractivity contribution in [2.45, 2.75) is 6.04 Å². The smallest absolute Gasteiger partial charge is 0.294 e. The number of ketones is 1. The van der Waals surface area contributed by atoms with Crippen LogP contribution in [0.1, 0.15) is 22.2 Å². The fraction of sp³-hybridized carbons (Fsp3) is 0.0769. The maximum Gasteiger partial charge on any atom is 0.294 e. The number of furan rings is 1. The molecule has 0 saturated heterocycles. The maximum atomic E-state index is 14.8. The Kier molecular flexibility index (Phi) is 5.64. The summed E-state index contributed by atoms with van der Waals surface area (Å²) in [6.45, 7) is 0. The van der Waals surface area contributed by atoms with Gasteiger partial charge >= 0.3 is 0 Å². The Morgan fingerprint density at radius 2 is 1.78 bits per heavy atom. The lowest BCUT2D eigenvalue weighted by atomic mass is 9.94. The van der Waals surface area contributed by atoms with Gasteiger partial charge in [0.15, 0.2) is 22.9 Å². The van der Waals surface area contributed by atoms with E-state index in [9.17, 15) is 28.6 Å². The molecular weight excluding hydrogens is 496 g/mol. The number of aliphatic hydroxyl groups excluding tert-OH is 1. The standard InChI is InChI=1S/C26H16ClF2NO6/c1-35-20-10-14(27)8-13-9-19(36-25(13)20)23(32)21-22(12-2-5-16(31)6-3-12)30(26(34)24(21)33)18-11-15(28)4-7-17(18)29/h2-11,22,31,33H,1H3. The molecule has 0 radical (unpaired) electrons. The number of ether oxygens (including phenoxy) is 1. The number of aliphatic hydroxyl groups is 1. The van der Waals surface area contributed by atoms with Gasteiger partial charge in [0.2, 0.25) is 5.78 Å². The van der Waals surface area contributed by atoms with E-state index in [4.69, 9.17) is 20.8 Å². The number of aromatic hydroxyl groups is 1. The number of benzene rings is 3. The lowest BCUT2D eigenvalue weighted by molar-refractivity contribution is -0.117. The average Bonchev–Trinajstić information content (AvgIpc) is 3.39. The van der Waals surface area contributed by atoms with E-state index in [2.05, 4.69) is 0 Å². The summed E-state index contributed by atoms with van der Waals surface area (Å²) in [7, 11) is 1.39. The van der Waals surface area contributed by atoms with Crippen molar-refractivity contribution in [2.24, 2.45) is 0 Å². The number of nitrogens with zero attached hydrogens (tertiary/aromatic N) is 1. The largest absolute Gasteiger partial charge is 0.508 e. The van der Waals surface area contributed by atoms with E-state index < -0.39 is 46.4 Å². The van der Waals surface area contributed by atoms with E-state index in [1.807, 2.05) is 0 Å². The lowest BCUT2D eigenvalue weighted by Crippen LogP contribution is -2.31. The molecule has 3 aromatic carbocycles. The van der Waals surface area contributed by atoms with E-state index in [-0.39, 0.29) is 28.4 Å². The molecule has 2 N–H and O–H groups in total. The molecule has 0 spiro atoms. The number of phenolic OH excluding ortho intramolecular Hbond substituents is 1. The highest BCUT2D eigenvalue weighted by Crippen LogP contribution is 2.44. The van der Waals surface area contributed by atoms with Crippen LogP contribution in [0.15, 0.2) is 76.4 Å². The van der Waals surface area contributed by atoms with Crippen LogP contribution in [-0.4, -0.2) is 29.0 Å². The maximum absolute atomic E-state index is 14.8. The molecule has 1 aromatic heterocycles. The molecule has 1 aliphatic rings. The third-order valence-electron chi connectivity index (χ3n) is 5.82. The van der Waals surface area contributed by atoms with Crippen LogP contribution < -0.4 is 9.64 Å². The van der Waals surface area contributed by atoms with Gasteiger partial charge in [0.05, 0.1) is 24.4 Å². The fourth-order valence-corrected chi connectivity index (χ4v) is 4.43. The number of methoxy groups -OCH3 is 1. The predicted molar refractivity (Wildman–Crippen MR) is 126 cm³/mol. The van der Waals surface area contributed by atoms with Crippen molar-refractivity contribution in [2.75, 3.05) is 12.0 Å². The van der Waals surface area contributed by atoms with Gasteiger partial charge in [-0.1, -0.05) is 23.7 Å². The summed E-state index contributed by atoms with van der Waals surface area (Å²) in [6, 6.07) is 10.9. The van der Waals surface area contributed by atoms with E-state index in [0.717, 1.165) is 23.1 Å². The summed E-state index contributed by atoms with van der Waals surface area (Å²) in [5.74, 6) is -4.80. The van der Waals surface area contributed by atoms with Gasteiger partial charge in [-0.05, 0) is 42.0 Å². The number of amides is 1. The number of phenols is 1. The van der Waals surface area contributed by atoms with Gasteiger partial charge in [0.25, 0.3) is 5.91 Å². The third kappa shape index (κ3) is 3.74. The normalized spacial score (nSPS) is 15.7. The number of anilines is 1. The summed E-state index contributed by atoms with van der Waals surface area (Å²) in [4.78, 5) is 27.6. The fourth-order valence-electron chi connectivity index (χ4n) is 4.21. The van der Waals surface area contributed by atoms with Crippen LogP contribution in [0, 0.1) is 11.6 Å². The van der Waals surface area contributed by atoms with Crippen molar-refractivity contribution in [3.63, 3.8) is 0 Å². The van der Waals surface area contributed by atoms with Crippen LogP contribution in [0.3, 0.4) is 0 Å². The van der Waals surface area contributed by atoms with Gasteiger partial charge in [0.1, 0.15) is 17.4 Å². The van der Waals surface area contributed by atoms with E-state index in [1.165, 1.54) is 43.5 Å². The van der Waals surface area contributed by atoms with Crippen molar-refractivity contribution in [3.05, 3.63) is 100.0 Å². The number of fused-ring (bicyclic) bond motifs is 1. The highest BCUT2D eigenvalue weighted by atomic mass is 35.5. The molecule has 1 unspecified atom stereocenters. The Morgan fingerprint density at radius 1 is 1.06 bits per heavy atom. The minimum Gasteiger partial charge on any atom is -0.508 e. The van der Waals surface area contributed by atoms with Crippen molar-refractivity contribution in [1.29, 1.82) is 0 Å². The molecule has 0 bridgehead atoms. The van der Waals surface area contributed by atoms with Gasteiger partial charge in [-0.2, -0.15) is 0 Å². The number of hydrogen-bond acceptors (Lipinski definition) is 6. The second-order valence-electron chi connectivity index (χ2n) is 7.99. The summed E-state index contributed by atoms with van der Waals surface area (Å²) in [5, 5.41) is 21.3. The molecule has 4 aromatic rings. The minimum absolute atomic E-state index is 0.103. The monoisotopic (exact) mass is 511 g/mol. The first-order valence-corrected chi connectivity index (χ1v) is 10.9. The molecule has 10 heteroatoms. The van der Waals surface area contributed by atoms with Gasteiger partial charge in [-0.15, -0.1) is 0 Å². The number of carbonyl (C=O) groups is 2. The summed E-state index contributed by atoms with van der Waals surface area (Å²) in [6.07, 6.45) is 0. The van der Waals surface area contributed by atoms with Gasteiger partial charge in [-0.3, -0.25) is 14.5 Å². The molecule has 7 nitrogen and oxygen atoms in total. The first-order chi connectivity index (χ1) is 17.2. The van der Waals surface area contributed by atoms with Crippen LogP contribution in [0.4, 0.5) is 14.5 Å². The Balaban J connectivity index is 1.69. The van der Waals surface area contributed by atoms with Gasteiger partial charge in [-0.25, -0.2) is 8.78 Å². The highest BCUT2D eigenvalue weighted by Gasteiger charge is 2.46. The number of rotatable bonds is 5. The van der Waals surface area contributed by atoms with Crippen LogP contribution in [-0.2, 0) is 4.79 Å². The average molecular weight is 512 g/mol. The quantitative estimate of drug-likeness (QED) is 0.325. The second kappa shape index (κ2) is 8.69. The van der Waals surface area contributed by atoms with Gasteiger partial charge in [0, 0.05) is 22.5 Å². The zero-order valence-electron chi connectivity index (χ0n) is 18.5. The number of Topliss-reactive ketones (excluding diaryl/α,β-unsaturated/α-hetero) is 1.